The summed E-state index contributed by atoms with van der Waals surface area (Å²) in [6.45, 7) is 7.22. The van der Waals surface area contributed by atoms with E-state index in [0.29, 0.717) is 5.92 Å². The second kappa shape index (κ2) is 8.71. The van der Waals surface area contributed by atoms with Crippen LogP contribution in [0.1, 0.15) is 41.3 Å². The Balaban J connectivity index is 1.46. The van der Waals surface area contributed by atoms with Gasteiger partial charge in [0.15, 0.2) is 0 Å². The molecule has 1 unspecified atom stereocenters. The van der Waals surface area contributed by atoms with E-state index in [9.17, 15) is 0 Å². The fourth-order valence-corrected chi connectivity index (χ4v) is 4.70. The molecule has 2 aromatic carbocycles. The number of aryl methyl sites for hydroxylation is 3. The highest BCUT2D eigenvalue weighted by Crippen LogP contribution is 2.30. The van der Waals surface area contributed by atoms with Crippen LogP contribution in [-0.4, -0.2) is 42.5 Å². The molecule has 6 nitrogen and oxygen atoms in total. The Morgan fingerprint density at radius 3 is 2.62 bits per heavy atom. The molecule has 1 atom stereocenters. The summed E-state index contributed by atoms with van der Waals surface area (Å²) in [5.41, 5.74) is 7.09. The molecular weight excluding hydrogens is 396 g/mol. The van der Waals surface area contributed by atoms with Crippen molar-refractivity contribution in [1.82, 2.24) is 29.4 Å². The van der Waals surface area contributed by atoms with Crippen LogP contribution < -0.4 is 0 Å². The van der Waals surface area contributed by atoms with Crippen LogP contribution in [0.25, 0.3) is 16.9 Å². The Morgan fingerprint density at radius 1 is 1.03 bits per heavy atom. The summed E-state index contributed by atoms with van der Waals surface area (Å²) < 4.78 is 4.08. The second-order valence-electron chi connectivity index (χ2n) is 9.03. The highest BCUT2D eigenvalue weighted by molar-refractivity contribution is 5.64. The molecule has 1 saturated heterocycles. The van der Waals surface area contributed by atoms with Crippen LogP contribution in [-0.2, 0) is 13.6 Å². The molecule has 1 aliphatic rings. The zero-order valence-corrected chi connectivity index (χ0v) is 19.1. The van der Waals surface area contributed by atoms with Gasteiger partial charge in [0.1, 0.15) is 12.2 Å². The van der Waals surface area contributed by atoms with E-state index < -0.39 is 0 Å². The van der Waals surface area contributed by atoms with Crippen molar-refractivity contribution in [2.45, 2.75) is 39.2 Å². The van der Waals surface area contributed by atoms with Crippen molar-refractivity contribution < 1.29 is 0 Å². The van der Waals surface area contributed by atoms with E-state index >= 15 is 0 Å². The van der Waals surface area contributed by atoms with Crippen molar-refractivity contribution in [3.8, 4) is 16.9 Å². The number of benzene rings is 2. The average Bonchev–Trinajstić information content (AvgIpc) is 3.41. The van der Waals surface area contributed by atoms with E-state index in [1.165, 1.54) is 28.7 Å². The number of piperidine rings is 1. The van der Waals surface area contributed by atoms with Crippen LogP contribution >= 0.6 is 0 Å². The SMILES string of the molecule is Cc1ccc(-n2cc(CN3CCCC(c4nncn4C)C3)c(-c3cccc(C)c3)n2)cc1. The second-order valence-corrected chi connectivity index (χ2v) is 9.03. The van der Waals surface area contributed by atoms with Gasteiger partial charge < -0.3 is 4.57 Å². The van der Waals surface area contributed by atoms with Crippen LogP contribution in [0.4, 0.5) is 0 Å². The lowest BCUT2D eigenvalue weighted by molar-refractivity contribution is 0.195. The molecule has 1 fully saturated rings. The number of aromatic nitrogens is 5. The smallest absolute Gasteiger partial charge is 0.136 e. The maximum absolute atomic E-state index is 5.03. The van der Waals surface area contributed by atoms with Crippen LogP contribution in [0, 0.1) is 13.8 Å². The molecule has 0 N–H and O–H groups in total. The topological polar surface area (TPSA) is 51.8 Å². The first kappa shape index (κ1) is 20.6. The number of nitrogens with zero attached hydrogens (tertiary/aromatic N) is 6. The normalized spacial score (nSPS) is 17.0. The fraction of sp³-hybridized carbons (Fsp3) is 0.346. The number of hydrogen-bond acceptors (Lipinski definition) is 4. The zero-order chi connectivity index (χ0) is 22.1. The third-order valence-electron chi connectivity index (χ3n) is 6.39. The molecule has 0 amide bonds. The summed E-state index contributed by atoms with van der Waals surface area (Å²) in [6.07, 6.45) is 6.34. The Bertz CT molecular complexity index is 1200. The highest BCUT2D eigenvalue weighted by atomic mass is 15.3. The quantitative estimate of drug-likeness (QED) is 0.466. The van der Waals surface area contributed by atoms with Gasteiger partial charge in [0, 0.05) is 43.4 Å². The lowest BCUT2D eigenvalue weighted by Gasteiger charge is -2.32. The monoisotopic (exact) mass is 426 g/mol. The van der Waals surface area contributed by atoms with Gasteiger partial charge in [-0.2, -0.15) is 5.10 Å². The van der Waals surface area contributed by atoms with Crippen molar-refractivity contribution in [1.29, 1.82) is 0 Å². The molecule has 32 heavy (non-hydrogen) atoms. The van der Waals surface area contributed by atoms with E-state index in [1.807, 2.05) is 11.7 Å². The molecule has 1 aliphatic heterocycles. The van der Waals surface area contributed by atoms with Crippen LogP contribution in [0.2, 0.25) is 0 Å². The summed E-state index contributed by atoms with van der Waals surface area (Å²) in [7, 11) is 2.04. The number of likely N-dealkylation sites (tertiary alicyclic amines) is 1. The lowest BCUT2D eigenvalue weighted by atomic mass is 9.96. The fourth-order valence-electron chi connectivity index (χ4n) is 4.70. The molecular formula is C26H30N6. The van der Waals surface area contributed by atoms with Gasteiger partial charge in [0.25, 0.3) is 0 Å². The van der Waals surface area contributed by atoms with E-state index in [4.69, 9.17) is 5.10 Å². The van der Waals surface area contributed by atoms with Crippen molar-refractivity contribution in [2.24, 2.45) is 7.05 Å². The van der Waals surface area contributed by atoms with Crippen molar-refractivity contribution >= 4 is 0 Å². The minimum Gasteiger partial charge on any atom is -0.320 e. The molecule has 0 aliphatic carbocycles. The Morgan fingerprint density at radius 2 is 1.88 bits per heavy atom. The molecule has 4 aromatic rings. The maximum atomic E-state index is 5.03. The van der Waals surface area contributed by atoms with Crippen LogP contribution in [0.3, 0.4) is 0 Å². The predicted molar refractivity (Wildman–Crippen MR) is 127 cm³/mol. The van der Waals surface area contributed by atoms with Gasteiger partial charge in [-0.25, -0.2) is 4.68 Å². The first-order valence-corrected chi connectivity index (χ1v) is 11.4. The Labute approximate surface area is 189 Å². The highest BCUT2D eigenvalue weighted by Gasteiger charge is 2.26. The van der Waals surface area contributed by atoms with Gasteiger partial charge in [0.2, 0.25) is 0 Å². The van der Waals surface area contributed by atoms with E-state index in [1.54, 1.807) is 6.33 Å². The third-order valence-corrected chi connectivity index (χ3v) is 6.39. The molecule has 2 aromatic heterocycles. The van der Waals surface area contributed by atoms with Gasteiger partial charge in [-0.1, -0.05) is 41.5 Å². The van der Waals surface area contributed by atoms with Gasteiger partial charge in [-0.15, -0.1) is 10.2 Å². The Hall–Kier alpha value is -3.25. The van der Waals surface area contributed by atoms with E-state index in [0.717, 1.165) is 43.3 Å². The first-order valence-electron chi connectivity index (χ1n) is 11.4. The zero-order valence-electron chi connectivity index (χ0n) is 19.1. The third kappa shape index (κ3) is 4.23. The minimum absolute atomic E-state index is 0.422. The van der Waals surface area contributed by atoms with E-state index in [-0.39, 0.29) is 0 Å². The largest absolute Gasteiger partial charge is 0.320 e. The predicted octanol–water partition coefficient (Wildman–Crippen LogP) is 4.66. The number of rotatable bonds is 5. The summed E-state index contributed by atoms with van der Waals surface area (Å²) in [5, 5.41) is 13.5. The van der Waals surface area contributed by atoms with Gasteiger partial charge in [0.05, 0.1) is 11.4 Å². The van der Waals surface area contributed by atoms with Crippen molar-refractivity contribution in [3.05, 3.63) is 83.6 Å². The molecule has 0 saturated carbocycles. The molecule has 0 radical (unpaired) electrons. The minimum atomic E-state index is 0.422. The molecule has 0 bridgehead atoms. The van der Waals surface area contributed by atoms with Crippen LogP contribution in [0.5, 0.6) is 0 Å². The maximum Gasteiger partial charge on any atom is 0.136 e. The standard InChI is InChI=1S/C26H30N6/c1-19-9-11-24(12-10-19)32-17-23(25(29-32)21-7-4-6-20(2)14-21)16-31-13-5-8-22(15-31)26-28-27-18-30(26)3/h4,6-7,9-12,14,17-18,22H,5,8,13,15-16H2,1-3H3. The molecule has 164 valence electrons. The van der Waals surface area contributed by atoms with Gasteiger partial charge >= 0.3 is 0 Å². The van der Waals surface area contributed by atoms with Crippen molar-refractivity contribution in [3.63, 3.8) is 0 Å². The van der Waals surface area contributed by atoms with Crippen molar-refractivity contribution in [2.75, 3.05) is 13.1 Å². The summed E-state index contributed by atoms with van der Waals surface area (Å²) >= 11 is 0. The van der Waals surface area contributed by atoms with Gasteiger partial charge in [-0.3, -0.25) is 4.90 Å². The molecule has 5 rings (SSSR count). The molecule has 6 heteroatoms. The average molecular weight is 427 g/mol. The van der Waals surface area contributed by atoms with Gasteiger partial charge in [-0.05, 0) is 51.4 Å². The van der Waals surface area contributed by atoms with Crippen LogP contribution in [0.15, 0.2) is 61.1 Å². The Kier molecular flexibility index (Phi) is 5.62. The molecule has 3 heterocycles. The summed E-state index contributed by atoms with van der Waals surface area (Å²) in [4.78, 5) is 2.54. The lowest BCUT2D eigenvalue weighted by Crippen LogP contribution is -2.34. The molecule has 0 spiro atoms. The summed E-state index contributed by atoms with van der Waals surface area (Å²) in [6, 6.07) is 17.2. The van der Waals surface area contributed by atoms with E-state index in [2.05, 4.69) is 88.2 Å². The first-order chi connectivity index (χ1) is 15.6. The summed E-state index contributed by atoms with van der Waals surface area (Å²) in [5.74, 6) is 1.51. The number of hydrogen-bond donors (Lipinski definition) is 0.